The summed E-state index contributed by atoms with van der Waals surface area (Å²) in [4.78, 5) is 11.8. The molecule has 1 aliphatic heterocycles. The summed E-state index contributed by atoms with van der Waals surface area (Å²) in [5.41, 5.74) is 3.06. The fraction of sp³-hybridized carbons (Fsp3) is 0.450. The minimum atomic E-state index is -2.39. The molecule has 0 radical (unpaired) electrons. The first kappa shape index (κ1) is 19.9. The van der Waals surface area contributed by atoms with Gasteiger partial charge in [-0.05, 0) is 19.1 Å². The van der Waals surface area contributed by atoms with E-state index in [4.69, 9.17) is 14.1 Å². The van der Waals surface area contributed by atoms with Gasteiger partial charge in [-0.2, -0.15) is 5.10 Å². The highest BCUT2D eigenvalue weighted by atomic mass is 32.3. The summed E-state index contributed by atoms with van der Waals surface area (Å²) in [5, 5.41) is 7.93. The van der Waals surface area contributed by atoms with E-state index in [-0.39, 0.29) is 6.04 Å². The van der Waals surface area contributed by atoms with Crippen molar-refractivity contribution in [3.8, 4) is 11.4 Å². The van der Waals surface area contributed by atoms with Gasteiger partial charge in [-0.3, -0.25) is 10.1 Å². The topological polar surface area (TPSA) is 99.5 Å². The van der Waals surface area contributed by atoms with E-state index >= 15 is 0 Å². The Labute approximate surface area is 171 Å². The lowest BCUT2D eigenvalue weighted by Gasteiger charge is -2.34. The summed E-state index contributed by atoms with van der Waals surface area (Å²) >= 11 is 0. The molecule has 1 fully saturated rings. The first-order valence-electron chi connectivity index (χ1n) is 10.0. The van der Waals surface area contributed by atoms with Crippen molar-refractivity contribution in [2.24, 2.45) is 4.36 Å². The van der Waals surface area contributed by atoms with Crippen LogP contribution in [0, 0.1) is 0 Å². The van der Waals surface area contributed by atoms with Crippen molar-refractivity contribution in [2.45, 2.75) is 26.8 Å². The van der Waals surface area contributed by atoms with E-state index in [1.807, 2.05) is 32.0 Å². The molecule has 4 heterocycles. The molecule has 0 saturated carbocycles. The molecule has 0 spiro atoms. The molecule has 1 saturated heterocycles. The zero-order valence-corrected chi connectivity index (χ0v) is 17.9. The number of anilines is 1. The average Bonchev–Trinajstić information content (AvgIpc) is 3.28. The van der Waals surface area contributed by atoms with Gasteiger partial charge in [0.25, 0.3) is 0 Å². The number of rotatable bonds is 5. The summed E-state index contributed by atoms with van der Waals surface area (Å²) in [5.74, 6) is 2.13. The number of hydrogen-bond donors (Lipinski definition) is 3. The number of nitrogens with zero attached hydrogens (tertiary/aromatic N) is 5. The Bertz CT molecular complexity index is 1040. The van der Waals surface area contributed by atoms with Crippen LogP contribution >= 0.6 is 0 Å². The molecule has 0 amide bonds. The lowest BCUT2D eigenvalue weighted by Crippen LogP contribution is -2.44. The van der Waals surface area contributed by atoms with E-state index in [1.54, 1.807) is 12.4 Å². The maximum absolute atomic E-state index is 11.0. The molecular formula is C20H28N6O2S. The van der Waals surface area contributed by atoms with Crippen molar-refractivity contribution in [3.63, 3.8) is 0 Å². The summed E-state index contributed by atoms with van der Waals surface area (Å²) < 4.78 is 21.5. The second kappa shape index (κ2) is 8.17. The van der Waals surface area contributed by atoms with Crippen LogP contribution in [0.2, 0.25) is 0 Å². The minimum Gasteiger partial charge on any atom is -0.377 e. The molecule has 0 bridgehead atoms. The number of thiol groups is 1. The van der Waals surface area contributed by atoms with E-state index in [9.17, 15) is 4.55 Å². The first-order chi connectivity index (χ1) is 14.0. The van der Waals surface area contributed by atoms with Crippen LogP contribution in [0.25, 0.3) is 22.3 Å². The summed E-state index contributed by atoms with van der Waals surface area (Å²) in [6, 6.07) is 6.01. The van der Waals surface area contributed by atoms with E-state index in [1.165, 1.54) is 0 Å². The molecule has 3 aromatic heterocycles. The number of pyridine rings is 2. The Morgan fingerprint density at radius 2 is 2.14 bits per heavy atom. The normalized spacial score (nSPS) is 18.2. The van der Waals surface area contributed by atoms with Gasteiger partial charge in [0, 0.05) is 41.9 Å². The van der Waals surface area contributed by atoms with Crippen molar-refractivity contribution < 1.29 is 9.29 Å². The van der Waals surface area contributed by atoms with Crippen LogP contribution in [0.4, 0.5) is 11.5 Å². The van der Waals surface area contributed by atoms with Crippen LogP contribution < -0.4 is 4.90 Å². The molecular weight excluding hydrogens is 388 g/mol. The highest BCUT2D eigenvalue weighted by Crippen LogP contribution is 2.35. The molecule has 156 valence electrons. The first-order valence-corrected chi connectivity index (χ1v) is 12.1. The predicted octanol–water partition coefficient (Wildman–Crippen LogP) is 3.46. The Hall–Kier alpha value is -2.36. The average molecular weight is 417 g/mol. The van der Waals surface area contributed by atoms with E-state index in [0.717, 1.165) is 40.3 Å². The number of aromatic nitrogens is 4. The molecule has 2 N–H and O–H groups in total. The van der Waals surface area contributed by atoms with Crippen LogP contribution in [0.15, 0.2) is 35.0 Å². The lowest BCUT2D eigenvalue weighted by molar-refractivity contribution is 0.0986. The highest BCUT2D eigenvalue weighted by Gasteiger charge is 2.23. The van der Waals surface area contributed by atoms with Crippen molar-refractivity contribution in [1.82, 2.24) is 20.2 Å². The van der Waals surface area contributed by atoms with Crippen LogP contribution in [0.1, 0.15) is 20.8 Å². The van der Waals surface area contributed by atoms with E-state index in [2.05, 4.69) is 27.0 Å². The van der Waals surface area contributed by atoms with Crippen LogP contribution in [0.5, 0.6) is 0 Å². The molecule has 8 nitrogen and oxygen atoms in total. The monoisotopic (exact) mass is 416 g/mol. The van der Waals surface area contributed by atoms with E-state index in [0.29, 0.717) is 24.7 Å². The number of ether oxygens (including phenoxy) is 1. The molecule has 0 aliphatic carbocycles. The Balaban J connectivity index is 1.98. The molecule has 0 unspecified atom stereocenters. The van der Waals surface area contributed by atoms with Gasteiger partial charge >= 0.3 is 0 Å². The molecule has 0 aromatic carbocycles. The molecule has 3 aromatic rings. The third kappa shape index (κ3) is 3.90. The Morgan fingerprint density at radius 1 is 1.31 bits per heavy atom. The maximum Gasteiger partial charge on any atom is 0.131 e. The smallest absolute Gasteiger partial charge is 0.131 e. The maximum atomic E-state index is 11.0. The van der Waals surface area contributed by atoms with Crippen LogP contribution in [-0.4, -0.2) is 62.0 Å². The highest BCUT2D eigenvalue weighted by molar-refractivity contribution is 8.00. The Morgan fingerprint density at radius 3 is 2.83 bits per heavy atom. The fourth-order valence-corrected chi connectivity index (χ4v) is 4.87. The van der Waals surface area contributed by atoms with Gasteiger partial charge in [0.05, 0.1) is 30.6 Å². The summed E-state index contributed by atoms with van der Waals surface area (Å²) in [7, 11) is -2.39. The van der Waals surface area contributed by atoms with Gasteiger partial charge in [0.1, 0.15) is 17.0 Å². The van der Waals surface area contributed by atoms with Crippen molar-refractivity contribution >= 4 is 32.5 Å². The molecule has 1 aliphatic rings. The van der Waals surface area contributed by atoms with Gasteiger partial charge in [-0.25, -0.2) is 9.35 Å². The molecule has 29 heavy (non-hydrogen) atoms. The zero-order valence-electron chi connectivity index (χ0n) is 17.0. The molecule has 4 rings (SSSR count). The second-order valence-corrected chi connectivity index (χ2v) is 10.5. The summed E-state index contributed by atoms with van der Waals surface area (Å²) in [6.45, 7) is 8.20. The third-order valence-electron chi connectivity index (χ3n) is 5.42. The number of aromatic amines is 1. The largest absolute Gasteiger partial charge is 0.377 e. The quantitative estimate of drug-likeness (QED) is 0.551. The standard InChI is InChI=1S/C20H28N6O2S/c1-4-29(27,5-2)25-17-12-18(26-10-11-28-13-14(26)3)23-19-15(17)6-8-21-20(19)16-7-9-22-24-16/h6-9,12,14,29H,4-5,10-11,13H2,1-3H3,(H,22,24)(H,23,25,27)/t14-/m1/s1. The number of hydrogen-bond acceptors (Lipinski definition) is 6. The number of morpholine rings is 1. The van der Waals surface area contributed by atoms with Gasteiger partial charge in [-0.15, -0.1) is 10.1 Å². The third-order valence-corrected chi connectivity index (χ3v) is 8.03. The second-order valence-electron chi connectivity index (χ2n) is 7.25. The van der Waals surface area contributed by atoms with Gasteiger partial charge in [-0.1, -0.05) is 13.8 Å². The van der Waals surface area contributed by atoms with Crippen LogP contribution in [0.3, 0.4) is 0 Å². The van der Waals surface area contributed by atoms with Gasteiger partial charge in [0.15, 0.2) is 0 Å². The molecule has 1 atom stereocenters. The number of fused-ring (bicyclic) bond motifs is 1. The van der Waals surface area contributed by atoms with Crippen molar-refractivity contribution in [1.29, 1.82) is 0 Å². The van der Waals surface area contributed by atoms with Gasteiger partial charge in [0.2, 0.25) is 0 Å². The summed E-state index contributed by atoms with van der Waals surface area (Å²) in [6.07, 6.45) is 3.46. The zero-order chi connectivity index (χ0) is 20.4. The van der Waals surface area contributed by atoms with Crippen LogP contribution in [-0.2, 0) is 14.8 Å². The van der Waals surface area contributed by atoms with E-state index < -0.39 is 10.1 Å². The minimum absolute atomic E-state index is 0.208. The number of nitrogens with one attached hydrogen (secondary N) is 1. The Kier molecular flexibility index (Phi) is 5.62. The van der Waals surface area contributed by atoms with Crippen molar-refractivity contribution in [2.75, 3.05) is 36.2 Å². The van der Waals surface area contributed by atoms with Crippen molar-refractivity contribution in [3.05, 3.63) is 30.6 Å². The fourth-order valence-electron chi connectivity index (χ4n) is 3.57. The van der Waals surface area contributed by atoms with Gasteiger partial charge < -0.3 is 14.2 Å². The lowest BCUT2D eigenvalue weighted by atomic mass is 10.1. The SMILES string of the molecule is CC[SH](O)(CC)=Nc1cc(N2CCOC[C@H]2C)nc2c(-c3ccn[nH]3)nccc12. The predicted molar refractivity (Wildman–Crippen MR) is 119 cm³/mol. The molecule has 9 heteroatoms. The number of H-pyrrole nitrogens is 1.